The largest absolute Gasteiger partial charge is 0.416 e. The predicted octanol–water partition coefficient (Wildman–Crippen LogP) is 3.75. The van der Waals surface area contributed by atoms with E-state index in [1.54, 1.807) is 24.5 Å². The number of piperidine rings is 1. The van der Waals surface area contributed by atoms with Crippen LogP contribution >= 0.6 is 0 Å². The van der Waals surface area contributed by atoms with Crippen LogP contribution in [0.15, 0.2) is 42.7 Å². The van der Waals surface area contributed by atoms with Gasteiger partial charge in [-0.25, -0.2) is 4.98 Å². The number of nitrogens with zero attached hydrogens (tertiary/aromatic N) is 4. The molecule has 0 radical (unpaired) electrons. The van der Waals surface area contributed by atoms with Gasteiger partial charge in [0, 0.05) is 31.2 Å². The molecular formula is C19H18F3N5O. The van der Waals surface area contributed by atoms with Crippen molar-refractivity contribution in [3.05, 3.63) is 48.3 Å². The molecule has 0 aliphatic carbocycles. The lowest BCUT2D eigenvalue weighted by molar-refractivity contribution is -0.137. The van der Waals surface area contributed by atoms with Crippen molar-refractivity contribution in [3.8, 4) is 0 Å². The second kappa shape index (κ2) is 7.23. The van der Waals surface area contributed by atoms with Crippen LogP contribution in [-0.2, 0) is 6.18 Å². The van der Waals surface area contributed by atoms with Crippen molar-refractivity contribution in [2.45, 2.75) is 25.1 Å². The Morgan fingerprint density at radius 1 is 1.11 bits per heavy atom. The number of benzene rings is 1. The third kappa shape index (κ3) is 3.84. The molecule has 2 N–H and O–H groups in total. The Bertz CT molecular complexity index is 987. The summed E-state index contributed by atoms with van der Waals surface area (Å²) in [5.74, 6) is 0.860. The quantitative estimate of drug-likeness (QED) is 0.711. The van der Waals surface area contributed by atoms with Gasteiger partial charge in [0.2, 0.25) is 5.95 Å². The van der Waals surface area contributed by atoms with Crippen LogP contribution < -0.4 is 10.2 Å². The van der Waals surface area contributed by atoms with E-state index in [-0.39, 0.29) is 11.8 Å². The number of pyridine rings is 1. The standard InChI is InChI=1S/C19H18F3N5O/c20-19(21,22)12-2-1-3-13(10-12)24-17-15-11-23-7-4-16(15)25-18(26-17)27-8-5-14(28)6-9-27/h1-4,7,10-11,14,28H,5-6,8-9H2,(H,24,25,26). The molecule has 0 unspecified atom stereocenters. The zero-order chi connectivity index (χ0) is 19.7. The Morgan fingerprint density at radius 3 is 2.64 bits per heavy atom. The highest BCUT2D eigenvalue weighted by Gasteiger charge is 2.30. The van der Waals surface area contributed by atoms with Crippen LogP contribution in [0.5, 0.6) is 0 Å². The van der Waals surface area contributed by atoms with Crippen molar-refractivity contribution in [2.75, 3.05) is 23.3 Å². The van der Waals surface area contributed by atoms with Gasteiger partial charge in [-0.15, -0.1) is 0 Å². The van der Waals surface area contributed by atoms with Crippen molar-refractivity contribution < 1.29 is 18.3 Å². The lowest BCUT2D eigenvalue weighted by atomic mass is 10.1. The van der Waals surface area contributed by atoms with Gasteiger partial charge in [-0.3, -0.25) is 4.98 Å². The SMILES string of the molecule is OC1CCN(c2nc(Nc3cccc(C(F)(F)F)c3)c3cnccc3n2)CC1. The van der Waals surface area contributed by atoms with Crippen molar-refractivity contribution in [2.24, 2.45) is 0 Å². The molecule has 3 aromatic rings. The van der Waals surface area contributed by atoms with Crippen molar-refractivity contribution in [3.63, 3.8) is 0 Å². The fraction of sp³-hybridized carbons (Fsp3) is 0.316. The molecule has 9 heteroatoms. The van der Waals surface area contributed by atoms with Crippen LogP contribution in [0.4, 0.5) is 30.6 Å². The molecule has 0 amide bonds. The van der Waals surface area contributed by atoms with E-state index in [2.05, 4.69) is 20.3 Å². The monoisotopic (exact) mass is 389 g/mol. The summed E-state index contributed by atoms with van der Waals surface area (Å²) in [7, 11) is 0. The maximum atomic E-state index is 13.0. The van der Waals surface area contributed by atoms with Crippen molar-refractivity contribution in [1.82, 2.24) is 15.0 Å². The van der Waals surface area contributed by atoms with E-state index in [1.165, 1.54) is 6.07 Å². The van der Waals surface area contributed by atoms with Gasteiger partial charge >= 0.3 is 6.18 Å². The minimum absolute atomic E-state index is 0.277. The molecule has 0 saturated carbocycles. The number of alkyl halides is 3. The van der Waals surface area contributed by atoms with Gasteiger partial charge < -0.3 is 15.3 Å². The van der Waals surface area contributed by atoms with Crippen LogP contribution in [-0.4, -0.2) is 39.3 Å². The van der Waals surface area contributed by atoms with Crippen LogP contribution in [0.1, 0.15) is 18.4 Å². The molecule has 2 aromatic heterocycles. The first-order valence-corrected chi connectivity index (χ1v) is 8.89. The van der Waals surface area contributed by atoms with Crippen LogP contribution in [0, 0.1) is 0 Å². The van der Waals surface area contributed by atoms with Gasteiger partial charge in [0.05, 0.1) is 22.6 Å². The number of aliphatic hydroxyl groups excluding tert-OH is 1. The van der Waals surface area contributed by atoms with Crippen molar-refractivity contribution >= 4 is 28.4 Å². The summed E-state index contributed by atoms with van der Waals surface area (Å²) in [6.45, 7) is 1.22. The molecule has 146 valence electrons. The van der Waals surface area contributed by atoms with Crippen LogP contribution in [0.25, 0.3) is 10.9 Å². The number of rotatable bonds is 3. The van der Waals surface area contributed by atoms with E-state index in [1.807, 2.05) is 4.90 Å². The predicted molar refractivity (Wildman–Crippen MR) is 99.5 cm³/mol. The van der Waals surface area contributed by atoms with Crippen molar-refractivity contribution in [1.29, 1.82) is 0 Å². The van der Waals surface area contributed by atoms with E-state index < -0.39 is 11.7 Å². The Kier molecular flexibility index (Phi) is 4.76. The molecule has 0 bridgehead atoms. The first-order chi connectivity index (χ1) is 13.4. The molecule has 28 heavy (non-hydrogen) atoms. The van der Waals surface area contributed by atoms with E-state index in [0.717, 1.165) is 12.1 Å². The molecular weight excluding hydrogens is 371 g/mol. The number of aromatic nitrogens is 3. The smallest absolute Gasteiger partial charge is 0.393 e. The highest BCUT2D eigenvalue weighted by Crippen LogP contribution is 2.32. The maximum absolute atomic E-state index is 13.0. The number of halogens is 3. The fourth-order valence-corrected chi connectivity index (χ4v) is 3.17. The summed E-state index contributed by atoms with van der Waals surface area (Å²) in [5, 5.41) is 13.3. The highest BCUT2D eigenvalue weighted by molar-refractivity contribution is 5.91. The summed E-state index contributed by atoms with van der Waals surface area (Å²) in [5.41, 5.74) is 0.179. The molecule has 0 spiro atoms. The van der Waals surface area contributed by atoms with Crippen LogP contribution in [0.3, 0.4) is 0 Å². The molecule has 1 aliphatic rings. The molecule has 1 aliphatic heterocycles. The number of anilines is 3. The Hall–Kier alpha value is -2.94. The highest BCUT2D eigenvalue weighted by atomic mass is 19.4. The summed E-state index contributed by atoms with van der Waals surface area (Å²) in [6, 6.07) is 6.70. The number of nitrogens with one attached hydrogen (secondary N) is 1. The van der Waals surface area contributed by atoms with E-state index >= 15 is 0 Å². The summed E-state index contributed by atoms with van der Waals surface area (Å²) < 4.78 is 39.0. The minimum atomic E-state index is -4.42. The summed E-state index contributed by atoms with van der Waals surface area (Å²) in [6.07, 6.45) is -0.333. The molecule has 1 aromatic carbocycles. The Labute approximate surface area is 159 Å². The minimum Gasteiger partial charge on any atom is -0.393 e. The van der Waals surface area contributed by atoms with Gasteiger partial charge in [-0.1, -0.05) is 6.07 Å². The van der Waals surface area contributed by atoms with E-state index in [0.29, 0.717) is 48.6 Å². The first-order valence-electron chi connectivity index (χ1n) is 8.89. The zero-order valence-corrected chi connectivity index (χ0v) is 14.8. The first kappa shape index (κ1) is 18.4. The van der Waals surface area contributed by atoms with E-state index in [9.17, 15) is 18.3 Å². The maximum Gasteiger partial charge on any atom is 0.416 e. The molecule has 3 heterocycles. The molecule has 0 atom stereocenters. The topological polar surface area (TPSA) is 74.2 Å². The molecule has 4 rings (SSSR count). The lowest BCUT2D eigenvalue weighted by Gasteiger charge is -2.30. The Balaban J connectivity index is 1.72. The summed E-state index contributed by atoms with van der Waals surface area (Å²) >= 11 is 0. The number of aliphatic hydroxyl groups is 1. The Morgan fingerprint density at radius 2 is 1.89 bits per heavy atom. The normalized spacial score (nSPS) is 15.8. The fourth-order valence-electron chi connectivity index (χ4n) is 3.17. The number of hydrogen-bond acceptors (Lipinski definition) is 6. The third-order valence-corrected chi connectivity index (χ3v) is 4.69. The summed E-state index contributed by atoms with van der Waals surface area (Å²) in [4.78, 5) is 15.1. The zero-order valence-electron chi connectivity index (χ0n) is 14.8. The van der Waals surface area contributed by atoms with Gasteiger partial charge in [0.15, 0.2) is 0 Å². The van der Waals surface area contributed by atoms with Gasteiger partial charge in [-0.2, -0.15) is 18.2 Å². The molecule has 1 saturated heterocycles. The molecule has 6 nitrogen and oxygen atoms in total. The second-order valence-electron chi connectivity index (χ2n) is 6.69. The van der Waals surface area contributed by atoms with Gasteiger partial charge in [-0.05, 0) is 37.1 Å². The van der Waals surface area contributed by atoms with Gasteiger partial charge in [0.25, 0.3) is 0 Å². The number of fused-ring (bicyclic) bond motifs is 1. The number of hydrogen-bond donors (Lipinski definition) is 2. The third-order valence-electron chi connectivity index (χ3n) is 4.69. The van der Waals surface area contributed by atoms with Crippen LogP contribution in [0.2, 0.25) is 0 Å². The second-order valence-corrected chi connectivity index (χ2v) is 6.69. The average Bonchev–Trinajstić information content (AvgIpc) is 2.68. The average molecular weight is 389 g/mol. The lowest BCUT2D eigenvalue weighted by Crippen LogP contribution is -2.36. The van der Waals surface area contributed by atoms with E-state index in [4.69, 9.17) is 0 Å². The molecule has 1 fully saturated rings. The van der Waals surface area contributed by atoms with Gasteiger partial charge in [0.1, 0.15) is 5.82 Å².